The molecule has 1 atom stereocenters. The predicted molar refractivity (Wildman–Crippen MR) is 48.9 cm³/mol. The van der Waals surface area contributed by atoms with Gasteiger partial charge in [0.2, 0.25) is 0 Å². The van der Waals surface area contributed by atoms with Crippen LogP contribution in [-0.4, -0.2) is 11.5 Å². The topological polar surface area (TPSA) is 17.1 Å². The molecular weight excluding hydrogens is 155 g/mol. The minimum absolute atomic E-state index is 0.131. The van der Waals surface area contributed by atoms with E-state index in [1.165, 1.54) is 6.92 Å². The van der Waals surface area contributed by atoms with Crippen molar-refractivity contribution in [2.45, 2.75) is 53.1 Å². The van der Waals surface area contributed by atoms with Crippen LogP contribution in [0.2, 0.25) is 0 Å². The van der Waals surface area contributed by atoms with Crippen molar-refractivity contribution in [3.05, 3.63) is 0 Å². The lowest BCUT2D eigenvalue weighted by Crippen LogP contribution is -2.34. The van der Waals surface area contributed by atoms with Gasteiger partial charge in [-0.05, 0) is 18.8 Å². The Bertz CT molecular complexity index is 165. The van der Waals surface area contributed by atoms with Crippen LogP contribution in [0, 0.1) is 5.41 Å². The lowest BCUT2D eigenvalue weighted by Gasteiger charge is -2.27. The van der Waals surface area contributed by atoms with Gasteiger partial charge in [-0.3, -0.25) is 4.79 Å². The molecule has 0 amide bonds. The summed E-state index contributed by atoms with van der Waals surface area (Å²) in [6.07, 6.45) is 0.579. The number of ketones is 1. The van der Waals surface area contributed by atoms with Gasteiger partial charge >= 0.3 is 0 Å². The van der Waals surface area contributed by atoms with Gasteiger partial charge in [0.25, 0.3) is 0 Å². The molecule has 0 aromatic carbocycles. The predicted octanol–water partition coefficient (Wildman–Crippen LogP) is 3.13. The number of hydrogen-bond acceptors (Lipinski definition) is 1. The maximum Gasteiger partial charge on any atom is 0.169 e. The van der Waals surface area contributed by atoms with E-state index in [0.29, 0.717) is 6.42 Å². The molecule has 72 valence electrons. The van der Waals surface area contributed by atoms with Gasteiger partial charge in [-0.2, -0.15) is 0 Å². The van der Waals surface area contributed by atoms with Gasteiger partial charge in [0.1, 0.15) is 0 Å². The lowest BCUT2D eigenvalue weighted by molar-refractivity contribution is -0.131. The van der Waals surface area contributed by atoms with Crippen LogP contribution in [0.25, 0.3) is 0 Å². The summed E-state index contributed by atoms with van der Waals surface area (Å²) in [4.78, 5) is 11.1. The van der Waals surface area contributed by atoms with Gasteiger partial charge in [-0.15, -0.1) is 0 Å². The molecule has 0 N–H and O–H groups in total. The molecule has 0 fully saturated rings. The molecule has 1 unspecified atom stereocenters. The third-order valence-corrected chi connectivity index (χ3v) is 1.76. The van der Waals surface area contributed by atoms with E-state index in [1.807, 2.05) is 20.8 Å². The van der Waals surface area contributed by atoms with Crippen LogP contribution >= 0.6 is 0 Å². The van der Waals surface area contributed by atoms with Crippen LogP contribution < -0.4 is 0 Å². The molecule has 0 aromatic heterocycles. The Morgan fingerprint density at radius 1 is 1.25 bits per heavy atom. The Morgan fingerprint density at radius 3 is 1.92 bits per heavy atom. The second kappa shape index (κ2) is 3.55. The number of rotatable bonds is 3. The molecule has 0 aliphatic heterocycles. The Labute approximate surface area is 74.4 Å². The van der Waals surface area contributed by atoms with Crippen LogP contribution in [-0.2, 0) is 4.79 Å². The largest absolute Gasteiger partial charge is 0.296 e. The molecule has 0 rings (SSSR count). The zero-order valence-electron chi connectivity index (χ0n) is 8.70. The molecule has 1 nitrogen and oxygen atoms in total. The highest BCUT2D eigenvalue weighted by Crippen LogP contribution is 2.31. The van der Waals surface area contributed by atoms with Crippen LogP contribution in [0.1, 0.15) is 47.5 Å². The minimum atomic E-state index is -1.65. The Kier molecular flexibility index (Phi) is 3.43. The highest BCUT2D eigenvalue weighted by atomic mass is 19.1. The van der Waals surface area contributed by atoms with E-state index < -0.39 is 5.67 Å². The van der Waals surface area contributed by atoms with Crippen molar-refractivity contribution in [2.75, 3.05) is 0 Å². The van der Waals surface area contributed by atoms with Crippen molar-refractivity contribution in [3.8, 4) is 0 Å². The average molecular weight is 174 g/mol. The quantitative estimate of drug-likeness (QED) is 0.642. The van der Waals surface area contributed by atoms with E-state index in [9.17, 15) is 9.18 Å². The van der Waals surface area contributed by atoms with E-state index in [4.69, 9.17) is 0 Å². The van der Waals surface area contributed by atoms with Crippen LogP contribution in [0.3, 0.4) is 0 Å². The van der Waals surface area contributed by atoms with E-state index in [-0.39, 0.29) is 17.6 Å². The second-order valence-electron chi connectivity index (χ2n) is 4.71. The average Bonchev–Trinajstić information content (AvgIpc) is 1.80. The number of hydrogen-bond donors (Lipinski definition) is 0. The molecule has 0 heterocycles. The van der Waals surface area contributed by atoms with Crippen molar-refractivity contribution in [1.29, 1.82) is 0 Å². The number of halogens is 1. The summed E-state index contributed by atoms with van der Waals surface area (Å²) < 4.78 is 13.6. The highest BCUT2D eigenvalue weighted by molar-refractivity contribution is 5.86. The molecule has 0 spiro atoms. The van der Waals surface area contributed by atoms with Gasteiger partial charge in [-0.25, -0.2) is 4.39 Å². The summed E-state index contributed by atoms with van der Waals surface area (Å²) in [5.74, 6) is -0.294. The van der Waals surface area contributed by atoms with E-state index in [0.717, 1.165) is 0 Å². The summed E-state index contributed by atoms with van der Waals surface area (Å²) in [6.45, 7) is 8.89. The fourth-order valence-corrected chi connectivity index (χ4v) is 1.46. The van der Waals surface area contributed by atoms with E-state index >= 15 is 0 Å². The summed E-state index contributed by atoms with van der Waals surface area (Å²) >= 11 is 0. The molecule has 0 aliphatic rings. The van der Waals surface area contributed by atoms with Crippen LogP contribution in [0.4, 0.5) is 4.39 Å². The zero-order chi connectivity index (χ0) is 9.99. The maximum absolute atomic E-state index is 13.6. The number of carbonyl (C=O) groups is 1. The molecular formula is C10H19FO. The molecule has 0 saturated heterocycles. The third-order valence-electron chi connectivity index (χ3n) is 1.76. The summed E-state index contributed by atoms with van der Waals surface area (Å²) in [5.41, 5.74) is -1.78. The highest BCUT2D eigenvalue weighted by Gasteiger charge is 2.35. The van der Waals surface area contributed by atoms with Crippen molar-refractivity contribution in [1.82, 2.24) is 0 Å². The van der Waals surface area contributed by atoms with E-state index in [1.54, 1.807) is 6.92 Å². The van der Waals surface area contributed by atoms with Gasteiger partial charge in [0.15, 0.2) is 11.5 Å². The first-order chi connectivity index (χ1) is 5.19. The molecule has 12 heavy (non-hydrogen) atoms. The fraction of sp³-hybridized carbons (Fsp3) is 0.900. The Hall–Kier alpha value is -0.400. The number of alkyl halides is 1. The summed E-state index contributed by atoms with van der Waals surface area (Å²) in [6, 6.07) is 0. The standard InChI is InChI=1S/C10H19FO/c1-6-8(12)10(5,11)7-9(2,3)4/h6-7H2,1-5H3. The van der Waals surface area contributed by atoms with Crippen molar-refractivity contribution >= 4 is 5.78 Å². The van der Waals surface area contributed by atoms with Gasteiger partial charge in [-0.1, -0.05) is 27.7 Å². The lowest BCUT2D eigenvalue weighted by atomic mass is 9.81. The molecule has 0 aliphatic carbocycles. The van der Waals surface area contributed by atoms with Crippen LogP contribution in [0.15, 0.2) is 0 Å². The van der Waals surface area contributed by atoms with Crippen molar-refractivity contribution in [3.63, 3.8) is 0 Å². The molecule has 0 radical (unpaired) electrons. The second-order valence-corrected chi connectivity index (χ2v) is 4.71. The van der Waals surface area contributed by atoms with E-state index in [2.05, 4.69) is 0 Å². The SMILES string of the molecule is CCC(=O)C(C)(F)CC(C)(C)C. The Balaban J connectivity index is 4.32. The monoisotopic (exact) mass is 174 g/mol. The van der Waals surface area contributed by atoms with Crippen molar-refractivity contribution < 1.29 is 9.18 Å². The molecule has 0 aromatic rings. The smallest absolute Gasteiger partial charge is 0.169 e. The van der Waals surface area contributed by atoms with Crippen molar-refractivity contribution in [2.24, 2.45) is 5.41 Å². The van der Waals surface area contributed by atoms with Gasteiger partial charge in [0.05, 0.1) is 0 Å². The number of carbonyl (C=O) groups excluding carboxylic acids is 1. The normalized spacial score (nSPS) is 17.2. The zero-order valence-corrected chi connectivity index (χ0v) is 8.70. The number of Topliss-reactive ketones (excluding diaryl/α,β-unsaturated/α-hetero) is 1. The summed E-state index contributed by atoms with van der Waals surface area (Å²) in [7, 11) is 0. The maximum atomic E-state index is 13.6. The first kappa shape index (κ1) is 11.6. The third kappa shape index (κ3) is 3.84. The molecule has 0 bridgehead atoms. The summed E-state index contributed by atoms with van der Waals surface area (Å²) in [5, 5.41) is 0. The Morgan fingerprint density at radius 2 is 1.67 bits per heavy atom. The molecule has 0 saturated carbocycles. The fourth-order valence-electron chi connectivity index (χ4n) is 1.46. The van der Waals surface area contributed by atoms with Crippen LogP contribution in [0.5, 0.6) is 0 Å². The van der Waals surface area contributed by atoms with Gasteiger partial charge in [0, 0.05) is 6.42 Å². The molecule has 2 heteroatoms. The van der Waals surface area contributed by atoms with Gasteiger partial charge < -0.3 is 0 Å². The first-order valence-electron chi connectivity index (χ1n) is 4.41. The minimum Gasteiger partial charge on any atom is -0.296 e. The first-order valence-corrected chi connectivity index (χ1v) is 4.41.